The molecule has 9 nitrogen and oxygen atoms in total. The van der Waals surface area contributed by atoms with Gasteiger partial charge in [-0.25, -0.2) is 4.79 Å². The zero-order chi connectivity index (χ0) is 16.8. The minimum Gasteiger partial charge on any atom is -0.373 e. The maximum atomic E-state index is 12.4. The SMILES string of the molecule is CCCC(S)N(CC(=O)[C@H]1CCCN1)C(=O)Oc1nnnn1C.Cl. The highest BCUT2D eigenvalue weighted by Crippen LogP contribution is 2.16. The molecule has 1 aliphatic heterocycles. The van der Waals surface area contributed by atoms with E-state index in [0.29, 0.717) is 6.42 Å². The molecule has 0 aliphatic carbocycles. The minimum absolute atomic E-state index is 0. The number of ether oxygens (including phenoxy) is 1. The molecule has 0 spiro atoms. The fraction of sp³-hybridized carbons (Fsp3) is 0.769. The lowest BCUT2D eigenvalue weighted by atomic mass is 10.1. The van der Waals surface area contributed by atoms with Crippen molar-refractivity contribution in [2.75, 3.05) is 13.1 Å². The third kappa shape index (κ3) is 5.32. The van der Waals surface area contributed by atoms with Gasteiger partial charge in [0, 0.05) is 7.05 Å². The summed E-state index contributed by atoms with van der Waals surface area (Å²) in [7, 11) is 1.56. The van der Waals surface area contributed by atoms with Crippen molar-refractivity contribution in [3.8, 4) is 6.01 Å². The number of carbonyl (C=O) groups is 2. The fourth-order valence-electron chi connectivity index (χ4n) is 2.39. The first kappa shape index (κ1) is 20.7. The van der Waals surface area contributed by atoms with Gasteiger partial charge in [0.05, 0.1) is 18.0 Å². The second-order valence-electron chi connectivity index (χ2n) is 5.47. The minimum atomic E-state index is -0.678. The number of halogens is 1. The number of ketones is 1. The number of rotatable bonds is 7. The summed E-state index contributed by atoms with van der Waals surface area (Å²) in [4.78, 5) is 26.1. The lowest BCUT2D eigenvalue weighted by Crippen LogP contribution is -2.46. The zero-order valence-corrected chi connectivity index (χ0v) is 15.4. The molecule has 0 bridgehead atoms. The van der Waals surface area contributed by atoms with Gasteiger partial charge in [-0.05, 0) is 36.2 Å². The van der Waals surface area contributed by atoms with Crippen LogP contribution < -0.4 is 10.1 Å². The van der Waals surface area contributed by atoms with Gasteiger partial charge in [-0.3, -0.25) is 9.69 Å². The smallest absolute Gasteiger partial charge is 0.373 e. The molecular weight excluding hydrogens is 356 g/mol. The summed E-state index contributed by atoms with van der Waals surface area (Å²) in [5.41, 5.74) is 0. The summed E-state index contributed by atoms with van der Waals surface area (Å²) in [5, 5.41) is 13.4. The van der Waals surface area contributed by atoms with Crippen LogP contribution in [0.25, 0.3) is 0 Å². The number of carbonyl (C=O) groups excluding carboxylic acids is 2. The van der Waals surface area contributed by atoms with Crippen LogP contribution in [-0.4, -0.2) is 61.5 Å². The average molecular weight is 379 g/mol. The molecule has 1 N–H and O–H groups in total. The highest BCUT2D eigenvalue weighted by atomic mass is 35.5. The van der Waals surface area contributed by atoms with Gasteiger partial charge in [-0.15, -0.1) is 12.4 Å². The Morgan fingerprint density at radius 1 is 1.54 bits per heavy atom. The summed E-state index contributed by atoms with van der Waals surface area (Å²) in [6.45, 7) is 2.76. The summed E-state index contributed by atoms with van der Waals surface area (Å²) in [5.74, 6) is -0.0364. The number of aryl methyl sites for hydroxylation is 1. The van der Waals surface area contributed by atoms with Crippen LogP contribution in [0.15, 0.2) is 0 Å². The van der Waals surface area contributed by atoms with Crippen molar-refractivity contribution in [2.45, 2.75) is 44.0 Å². The lowest BCUT2D eigenvalue weighted by molar-refractivity contribution is -0.121. The summed E-state index contributed by atoms with van der Waals surface area (Å²) in [6.07, 6.45) is 2.56. The van der Waals surface area contributed by atoms with Gasteiger partial charge in [-0.2, -0.15) is 17.3 Å². The molecule has 1 saturated heterocycles. The second kappa shape index (κ2) is 9.80. The first-order valence-corrected chi connectivity index (χ1v) is 8.19. The molecule has 136 valence electrons. The molecule has 24 heavy (non-hydrogen) atoms. The van der Waals surface area contributed by atoms with Gasteiger partial charge in [0.15, 0.2) is 5.78 Å². The first-order chi connectivity index (χ1) is 11.0. The molecule has 2 heterocycles. The maximum Gasteiger partial charge on any atom is 0.419 e. The van der Waals surface area contributed by atoms with E-state index in [9.17, 15) is 9.59 Å². The van der Waals surface area contributed by atoms with Crippen LogP contribution in [0.2, 0.25) is 0 Å². The van der Waals surface area contributed by atoms with E-state index < -0.39 is 11.5 Å². The van der Waals surface area contributed by atoms with Crippen LogP contribution in [0.4, 0.5) is 4.79 Å². The molecule has 0 radical (unpaired) electrons. The number of hydrogen-bond donors (Lipinski definition) is 2. The molecule has 11 heteroatoms. The predicted octanol–water partition coefficient (Wildman–Crippen LogP) is 0.810. The molecule has 2 rings (SSSR count). The van der Waals surface area contributed by atoms with Gasteiger partial charge < -0.3 is 10.1 Å². The van der Waals surface area contributed by atoms with Crippen LogP contribution in [-0.2, 0) is 11.8 Å². The number of nitrogens with zero attached hydrogens (tertiary/aromatic N) is 5. The third-order valence-electron chi connectivity index (χ3n) is 3.68. The highest BCUT2D eigenvalue weighted by Gasteiger charge is 2.30. The van der Waals surface area contributed by atoms with Gasteiger partial charge in [-0.1, -0.05) is 18.4 Å². The summed E-state index contributed by atoms with van der Waals surface area (Å²) in [6, 6.07) is -0.229. The predicted molar refractivity (Wildman–Crippen MR) is 92.5 cm³/mol. The van der Waals surface area contributed by atoms with E-state index in [0.717, 1.165) is 25.8 Å². The van der Waals surface area contributed by atoms with E-state index in [-0.39, 0.29) is 36.8 Å². The molecule has 0 saturated carbocycles. The first-order valence-electron chi connectivity index (χ1n) is 7.68. The van der Waals surface area contributed by atoms with Crippen molar-refractivity contribution >= 4 is 36.9 Å². The molecule has 1 aromatic rings. The Hall–Kier alpha value is -1.39. The fourth-order valence-corrected chi connectivity index (χ4v) is 2.82. The van der Waals surface area contributed by atoms with Crippen molar-refractivity contribution < 1.29 is 14.3 Å². The Kier molecular flexibility index (Phi) is 8.43. The standard InChI is InChI=1S/C13H22N6O3S.ClH/c1-3-5-11(23)19(8-10(20)9-6-4-7-14-9)13(21)22-12-15-16-17-18(12)2;/h9,11,14,23H,3-8H2,1-2H3;1H/t9-,11?;/m1./s1. The summed E-state index contributed by atoms with van der Waals surface area (Å²) >= 11 is 4.43. The highest BCUT2D eigenvalue weighted by molar-refractivity contribution is 7.80. The van der Waals surface area contributed by atoms with E-state index in [1.165, 1.54) is 9.58 Å². The monoisotopic (exact) mass is 378 g/mol. The van der Waals surface area contributed by atoms with Crippen LogP contribution in [0.5, 0.6) is 6.01 Å². The molecule has 2 atom stereocenters. The normalized spacial score (nSPS) is 17.9. The van der Waals surface area contributed by atoms with Crippen molar-refractivity contribution in [1.82, 2.24) is 30.4 Å². The molecule has 1 fully saturated rings. The largest absolute Gasteiger partial charge is 0.419 e. The molecular formula is C13H23ClN6O3S. The number of amides is 1. The number of hydrogen-bond acceptors (Lipinski definition) is 8. The number of aromatic nitrogens is 4. The average Bonchev–Trinajstić information content (AvgIpc) is 3.17. The third-order valence-corrected chi connectivity index (χ3v) is 4.21. The van der Waals surface area contributed by atoms with Crippen molar-refractivity contribution in [3.63, 3.8) is 0 Å². The molecule has 1 unspecified atom stereocenters. The topological polar surface area (TPSA) is 102 Å². The van der Waals surface area contributed by atoms with Gasteiger partial charge in [0.1, 0.15) is 0 Å². The number of Topliss-reactive ketones (excluding diaryl/α,β-unsaturated/α-hetero) is 1. The van der Waals surface area contributed by atoms with E-state index >= 15 is 0 Å². The van der Waals surface area contributed by atoms with Gasteiger partial charge >= 0.3 is 12.1 Å². The molecule has 0 aromatic carbocycles. The van der Waals surface area contributed by atoms with E-state index in [4.69, 9.17) is 4.74 Å². The van der Waals surface area contributed by atoms with E-state index in [1.54, 1.807) is 7.05 Å². The Bertz CT molecular complexity index is 552. The van der Waals surface area contributed by atoms with E-state index in [2.05, 4.69) is 33.5 Å². The number of nitrogens with one attached hydrogen (secondary N) is 1. The number of tetrazole rings is 1. The van der Waals surface area contributed by atoms with Crippen molar-refractivity contribution in [1.29, 1.82) is 0 Å². The summed E-state index contributed by atoms with van der Waals surface area (Å²) < 4.78 is 6.41. The quantitative estimate of drug-likeness (QED) is 0.534. The van der Waals surface area contributed by atoms with Crippen LogP contribution in [0.1, 0.15) is 32.6 Å². The second-order valence-corrected chi connectivity index (χ2v) is 6.06. The van der Waals surface area contributed by atoms with Crippen molar-refractivity contribution in [2.24, 2.45) is 7.05 Å². The van der Waals surface area contributed by atoms with E-state index in [1.807, 2.05) is 6.92 Å². The van der Waals surface area contributed by atoms with Crippen LogP contribution >= 0.6 is 25.0 Å². The Labute approximate surface area is 152 Å². The van der Waals surface area contributed by atoms with Crippen molar-refractivity contribution in [3.05, 3.63) is 0 Å². The Morgan fingerprint density at radius 2 is 2.29 bits per heavy atom. The van der Waals surface area contributed by atoms with Gasteiger partial charge in [0.25, 0.3) is 0 Å². The Balaban J connectivity index is 0.00000288. The maximum absolute atomic E-state index is 12.4. The molecule has 1 aliphatic rings. The number of thiol groups is 1. The Morgan fingerprint density at radius 3 is 2.83 bits per heavy atom. The zero-order valence-electron chi connectivity index (χ0n) is 13.7. The van der Waals surface area contributed by atoms with Gasteiger partial charge in [0.2, 0.25) is 0 Å². The van der Waals surface area contributed by atoms with Crippen LogP contribution in [0, 0.1) is 0 Å². The molecule has 1 aromatic heterocycles. The lowest BCUT2D eigenvalue weighted by Gasteiger charge is -2.27. The molecule has 1 amide bonds. The van der Waals surface area contributed by atoms with Crippen LogP contribution in [0.3, 0.4) is 0 Å².